The third-order valence-electron chi connectivity index (χ3n) is 4.13. The van der Waals surface area contributed by atoms with E-state index in [-0.39, 0.29) is 0 Å². The van der Waals surface area contributed by atoms with Crippen LogP contribution in [0.25, 0.3) is 11.1 Å². The maximum atomic E-state index is 5.49. The van der Waals surface area contributed by atoms with E-state index in [2.05, 4.69) is 55.3 Å². The number of nitrogens with zero attached hydrogens (tertiary/aromatic N) is 1. The number of hydrogen-bond acceptors (Lipinski definition) is 2. The first-order valence-electron chi connectivity index (χ1n) is 7.13. The molecule has 0 atom stereocenters. The molecule has 0 saturated carbocycles. The molecule has 104 valence electrons. The van der Waals surface area contributed by atoms with Crippen LogP contribution >= 0.6 is 0 Å². The molecular weight excluding hydrogens is 246 g/mol. The molecule has 0 bridgehead atoms. The van der Waals surface area contributed by atoms with Crippen molar-refractivity contribution in [2.24, 2.45) is 0 Å². The van der Waals surface area contributed by atoms with E-state index in [1.54, 1.807) is 7.11 Å². The summed E-state index contributed by atoms with van der Waals surface area (Å²) >= 11 is 0. The molecule has 1 aliphatic rings. The fraction of sp³-hybridized carbons (Fsp3) is 0.333. The van der Waals surface area contributed by atoms with E-state index in [0.29, 0.717) is 0 Å². The first kappa shape index (κ1) is 13.2. The lowest BCUT2D eigenvalue weighted by Crippen LogP contribution is -2.23. The van der Waals surface area contributed by atoms with Gasteiger partial charge in [0.1, 0.15) is 5.75 Å². The molecule has 2 heteroatoms. The highest BCUT2D eigenvalue weighted by molar-refractivity contribution is 5.73. The minimum Gasteiger partial charge on any atom is -0.496 e. The van der Waals surface area contributed by atoms with Crippen molar-refractivity contribution in [3.63, 3.8) is 0 Å². The predicted molar refractivity (Wildman–Crippen MR) is 83.2 cm³/mol. The Kier molecular flexibility index (Phi) is 3.49. The third-order valence-corrected chi connectivity index (χ3v) is 4.13. The van der Waals surface area contributed by atoms with Gasteiger partial charge in [-0.1, -0.05) is 24.3 Å². The van der Waals surface area contributed by atoms with E-state index in [0.717, 1.165) is 25.3 Å². The number of ether oxygens (including phenoxy) is 1. The Morgan fingerprint density at radius 3 is 2.65 bits per heavy atom. The Balaban J connectivity index is 2.23. The maximum absolute atomic E-state index is 5.49. The van der Waals surface area contributed by atoms with Crippen molar-refractivity contribution in [3.8, 4) is 16.9 Å². The monoisotopic (exact) mass is 267 g/mol. The van der Waals surface area contributed by atoms with Gasteiger partial charge in [-0.05, 0) is 60.3 Å². The zero-order valence-electron chi connectivity index (χ0n) is 12.4. The highest BCUT2D eigenvalue weighted by atomic mass is 16.5. The number of methoxy groups -OCH3 is 1. The number of aryl methyl sites for hydroxylation is 1. The number of hydrogen-bond donors (Lipinski definition) is 0. The van der Waals surface area contributed by atoms with Crippen molar-refractivity contribution in [3.05, 3.63) is 53.1 Å². The second kappa shape index (κ2) is 5.29. The summed E-state index contributed by atoms with van der Waals surface area (Å²) in [7, 11) is 3.93. The highest BCUT2D eigenvalue weighted by Gasteiger charge is 2.17. The SMILES string of the molecule is COc1cc2c(cc1C)-c1ccccc1CCN(C)C2. The minimum atomic E-state index is 0.973. The molecule has 2 aromatic carbocycles. The quantitative estimate of drug-likeness (QED) is 0.782. The molecule has 0 radical (unpaired) electrons. The van der Waals surface area contributed by atoms with Crippen molar-refractivity contribution in [1.29, 1.82) is 0 Å². The second-order valence-corrected chi connectivity index (χ2v) is 5.62. The Morgan fingerprint density at radius 1 is 1.05 bits per heavy atom. The van der Waals surface area contributed by atoms with Crippen LogP contribution in [0.1, 0.15) is 16.7 Å². The largest absolute Gasteiger partial charge is 0.496 e. The van der Waals surface area contributed by atoms with Gasteiger partial charge >= 0.3 is 0 Å². The molecule has 1 aliphatic heterocycles. The van der Waals surface area contributed by atoms with E-state index in [1.165, 1.54) is 27.8 Å². The molecule has 20 heavy (non-hydrogen) atoms. The van der Waals surface area contributed by atoms with E-state index in [1.807, 2.05) is 0 Å². The van der Waals surface area contributed by atoms with Crippen molar-refractivity contribution in [2.75, 3.05) is 20.7 Å². The standard InChI is InChI=1S/C18H21NO/c1-13-10-17-15(11-18(13)20-3)12-19(2)9-8-14-6-4-5-7-16(14)17/h4-7,10-11H,8-9,12H2,1-3H3. The summed E-state index contributed by atoms with van der Waals surface area (Å²) in [6.07, 6.45) is 1.11. The van der Waals surface area contributed by atoms with Crippen LogP contribution in [0.5, 0.6) is 5.75 Å². The summed E-state index contributed by atoms with van der Waals surface area (Å²) in [5.41, 5.74) is 6.71. The average Bonchev–Trinajstić information content (AvgIpc) is 2.45. The van der Waals surface area contributed by atoms with Crippen molar-refractivity contribution >= 4 is 0 Å². The van der Waals surface area contributed by atoms with Crippen LogP contribution in [0.3, 0.4) is 0 Å². The summed E-state index contributed by atoms with van der Waals surface area (Å²) in [5.74, 6) is 0.982. The van der Waals surface area contributed by atoms with Crippen molar-refractivity contribution in [2.45, 2.75) is 19.9 Å². The molecule has 0 N–H and O–H groups in total. The Morgan fingerprint density at radius 2 is 1.85 bits per heavy atom. The van der Waals surface area contributed by atoms with E-state index in [4.69, 9.17) is 4.74 Å². The van der Waals surface area contributed by atoms with Crippen molar-refractivity contribution in [1.82, 2.24) is 4.90 Å². The van der Waals surface area contributed by atoms with Gasteiger partial charge in [0.25, 0.3) is 0 Å². The number of fused-ring (bicyclic) bond motifs is 3. The van der Waals surface area contributed by atoms with Gasteiger partial charge in [0.15, 0.2) is 0 Å². The summed E-state index contributed by atoms with van der Waals surface area (Å²) in [6.45, 7) is 4.18. The van der Waals surface area contributed by atoms with Gasteiger partial charge < -0.3 is 9.64 Å². The third kappa shape index (κ3) is 2.32. The molecule has 3 rings (SSSR count). The average molecular weight is 267 g/mol. The molecule has 0 fully saturated rings. The normalized spacial score (nSPS) is 14.9. The molecule has 0 aliphatic carbocycles. The number of rotatable bonds is 1. The Bertz CT molecular complexity index is 633. The van der Waals surface area contributed by atoms with E-state index in [9.17, 15) is 0 Å². The molecule has 0 amide bonds. The molecule has 0 saturated heterocycles. The summed E-state index contributed by atoms with van der Waals surface area (Å²) < 4.78 is 5.49. The molecule has 2 nitrogen and oxygen atoms in total. The van der Waals surface area contributed by atoms with E-state index < -0.39 is 0 Å². The van der Waals surface area contributed by atoms with E-state index >= 15 is 0 Å². The van der Waals surface area contributed by atoms with Gasteiger partial charge in [-0.2, -0.15) is 0 Å². The van der Waals surface area contributed by atoms with Gasteiger partial charge in [-0.3, -0.25) is 0 Å². The fourth-order valence-electron chi connectivity index (χ4n) is 3.01. The smallest absolute Gasteiger partial charge is 0.122 e. The molecular formula is C18H21NO. The predicted octanol–water partition coefficient (Wildman–Crippen LogP) is 3.66. The lowest BCUT2D eigenvalue weighted by molar-refractivity contribution is 0.329. The van der Waals surface area contributed by atoms with Crippen LogP contribution in [-0.2, 0) is 13.0 Å². The van der Waals surface area contributed by atoms with Crippen LogP contribution < -0.4 is 4.74 Å². The Labute approximate surface area is 121 Å². The minimum absolute atomic E-state index is 0.973. The first-order chi connectivity index (χ1) is 9.69. The van der Waals surface area contributed by atoms with Gasteiger partial charge in [-0.15, -0.1) is 0 Å². The second-order valence-electron chi connectivity index (χ2n) is 5.62. The molecule has 0 spiro atoms. The molecule has 2 aromatic rings. The van der Waals surface area contributed by atoms with Crippen LogP contribution in [0, 0.1) is 6.92 Å². The molecule has 0 aromatic heterocycles. The summed E-state index contributed by atoms with van der Waals surface area (Å²) in [4.78, 5) is 2.38. The fourth-order valence-corrected chi connectivity index (χ4v) is 3.01. The first-order valence-corrected chi connectivity index (χ1v) is 7.13. The lowest BCUT2D eigenvalue weighted by atomic mass is 9.90. The lowest BCUT2D eigenvalue weighted by Gasteiger charge is -2.25. The van der Waals surface area contributed by atoms with Crippen LogP contribution in [0.2, 0.25) is 0 Å². The summed E-state index contributed by atoms with van der Waals surface area (Å²) in [5, 5.41) is 0. The van der Waals surface area contributed by atoms with Gasteiger partial charge in [-0.25, -0.2) is 0 Å². The van der Waals surface area contributed by atoms with Crippen LogP contribution in [0.4, 0.5) is 0 Å². The Hall–Kier alpha value is -1.80. The highest BCUT2D eigenvalue weighted by Crippen LogP contribution is 2.34. The van der Waals surface area contributed by atoms with Crippen LogP contribution in [-0.4, -0.2) is 25.6 Å². The van der Waals surface area contributed by atoms with Gasteiger partial charge in [0.2, 0.25) is 0 Å². The molecule has 0 unspecified atom stereocenters. The topological polar surface area (TPSA) is 12.5 Å². The molecule has 1 heterocycles. The summed E-state index contributed by atoms with van der Waals surface area (Å²) in [6, 6.07) is 13.2. The van der Waals surface area contributed by atoms with Crippen LogP contribution in [0.15, 0.2) is 36.4 Å². The van der Waals surface area contributed by atoms with Gasteiger partial charge in [0, 0.05) is 13.1 Å². The van der Waals surface area contributed by atoms with Crippen molar-refractivity contribution < 1.29 is 4.74 Å². The number of benzene rings is 2. The zero-order valence-corrected chi connectivity index (χ0v) is 12.4. The maximum Gasteiger partial charge on any atom is 0.122 e. The van der Waals surface area contributed by atoms with Gasteiger partial charge in [0.05, 0.1) is 7.11 Å². The zero-order chi connectivity index (χ0) is 14.1. The number of likely N-dealkylation sites (N-methyl/N-ethyl adjacent to an activating group) is 1.